The van der Waals surface area contributed by atoms with Crippen LogP contribution in [0.15, 0.2) is 53.5 Å². The molecule has 0 aliphatic carbocycles. The van der Waals surface area contributed by atoms with Gasteiger partial charge in [0.15, 0.2) is 16.6 Å². The monoisotopic (exact) mass is 488 g/mol. The number of amides is 1. The first kappa shape index (κ1) is 20.8. The Bertz CT molecular complexity index is 1280. The van der Waals surface area contributed by atoms with Crippen LogP contribution in [0.3, 0.4) is 0 Å². The van der Waals surface area contributed by atoms with Crippen molar-refractivity contribution in [2.24, 2.45) is 0 Å². The first-order valence-corrected chi connectivity index (χ1v) is 11.1. The van der Waals surface area contributed by atoms with Crippen LogP contribution in [0.25, 0.3) is 5.76 Å². The van der Waals surface area contributed by atoms with Crippen molar-refractivity contribution >= 4 is 57.1 Å². The molecule has 2 aromatic carbocycles. The van der Waals surface area contributed by atoms with Gasteiger partial charge in [-0.2, -0.15) is 0 Å². The summed E-state index contributed by atoms with van der Waals surface area (Å²) < 4.78 is 11.1. The molecule has 3 aromatic rings. The number of hydrogen-bond acceptors (Lipinski definition) is 7. The normalized spacial score (nSPS) is 19.4. The standard InChI is InChI=1S/C22H14Cl2N2O5S/c23-13-3-1-11(9-14(13)24)18-17(20(28)21(29)26(18)22-25-5-8-32-22)19(27)12-2-4-15-16(10-12)31-7-6-30-15/h1-5,8-10,18,27H,6-7H2/b19-17+/t18-/m0/s1. The van der Waals surface area contributed by atoms with Crippen molar-refractivity contribution in [1.82, 2.24) is 4.98 Å². The van der Waals surface area contributed by atoms with Gasteiger partial charge < -0.3 is 14.6 Å². The molecule has 32 heavy (non-hydrogen) atoms. The highest BCUT2D eigenvalue weighted by atomic mass is 35.5. The van der Waals surface area contributed by atoms with Crippen LogP contribution in [-0.4, -0.2) is 35.0 Å². The number of aliphatic hydroxyl groups excluding tert-OH is 1. The Labute approximate surface area is 196 Å². The van der Waals surface area contributed by atoms with E-state index in [1.165, 1.54) is 22.4 Å². The molecule has 1 atom stereocenters. The Kier molecular flexibility index (Phi) is 5.28. The molecule has 1 aromatic heterocycles. The summed E-state index contributed by atoms with van der Waals surface area (Å²) in [5, 5.41) is 13.8. The third-order valence-electron chi connectivity index (χ3n) is 5.14. The predicted molar refractivity (Wildman–Crippen MR) is 121 cm³/mol. The molecule has 5 rings (SSSR count). The number of carbonyl (C=O) groups is 2. The summed E-state index contributed by atoms with van der Waals surface area (Å²) in [6.45, 7) is 0.795. The Morgan fingerprint density at radius 3 is 2.56 bits per heavy atom. The van der Waals surface area contributed by atoms with Gasteiger partial charge in [0, 0.05) is 17.1 Å². The highest BCUT2D eigenvalue weighted by Crippen LogP contribution is 2.44. The first-order chi connectivity index (χ1) is 15.5. The fraction of sp³-hybridized carbons (Fsp3) is 0.136. The molecule has 1 fully saturated rings. The van der Waals surface area contributed by atoms with Gasteiger partial charge in [-0.25, -0.2) is 4.98 Å². The van der Waals surface area contributed by atoms with Crippen molar-refractivity contribution in [3.8, 4) is 11.5 Å². The van der Waals surface area contributed by atoms with Crippen molar-refractivity contribution in [1.29, 1.82) is 0 Å². The fourth-order valence-electron chi connectivity index (χ4n) is 3.71. The number of hydrogen-bond donors (Lipinski definition) is 1. The number of ketones is 1. The smallest absolute Gasteiger partial charge is 0.301 e. The van der Waals surface area contributed by atoms with Gasteiger partial charge in [0.05, 0.1) is 21.7 Å². The molecule has 2 aliphatic heterocycles. The zero-order valence-electron chi connectivity index (χ0n) is 16.2. The summed E-state index contributed by atoms with van der Waals surface area (Å²) in [4.78, 5) is 31.6. The van der Waals surface area contributed by atoms with Gasteiger partial charge in [0.25, 0.3) is 5.78 Å². The molecule has 2 aliphatic rings. The van der Waals surface area contributed by atoms with Crippen molar-refractivity contribution in [3.63, 3.8) is 0 Å². The van der Waals surface area contributed by atoms with Crippen LogP contribution >= 0.6 is 34.5 Å². The van der Waals surface area contributed by atoms with Gasteiger partial charge >= 0.3 is 5.91 Å². The number of carbonyl (C=O) groups excluding carboxylic acids is 2. The number of thiazole rings is 1. The highest BCUT2D eigenvalue weighted by molar-refractivity contribution is 7.14. The largest absolute Gasteiger partial charge is 0.507 e. The average molecular weight is 489 g/mol. The van der Waals surface area contributed by atoms with Crippen LogP contribution in [0.4, 0.5) is 5.13 Å². The van der Waals surface area contributed by atoms with Crippen molar-refractivity contribution < 1.29 is 24.2 Å². The molecule has 0 radical (unpaired) electrons. The maximum absolute atomic E-state index is 13.1. The van der Waals surface area contributed by atoms with Gasteiger partial charge in [-0.3, -0.25) is 14.5 Å². The van der Waals surface area contributed by atoms with E-state index in [2.05, 4.69) is 4.98 Å². The molecule has 1 saturated heterocycles. The molecular weight excluding hydrogens is 475 g/mol. The van der Waals surface area contributed by atoms with Crippen LogP contribution in [0.5, 0.6) is 11.5 Å². The van der Waals surface area contributed by atoms with Crippen molar-refractivity contribution in [3.05, 3.63) is 74.7 Å². The van der Waals surface area contributed by atoms with Crippen molar-refractivity contribution in [2.75, 3.05) is 18.1 Å². The van der Waals surface area contributed by atoms with Crippen molar-refractivity contribution in [2.45, 2.75) is 6.04 Å². The molecule has 7 nitrogen and oxygen atoms in total. The van der Waals surface area contributed by atoms with Gasteiger partial charge in [0.1, 0.15) is 19.0 Å². The van der Waals surface area contributed by atoms with Crippen LogP contribution in [-0.2, 0) is 9.59 Å². The summed E-state index contributed by atoms with van der Waals surface area (Å²) in [7, 11) is 0. The number of Topliss-reactive ketones (excluding diaryl/α,β-unsaturated/α-hetero) is 1. The Morgan fingerprint density at radius 2 is 1.84 bits per heavy atom. The number of anilines is 1. The third-order valence-corrected chi connectivity index (χ3v) is 6.65. The fourth-order valence-corrected chi connectivity index (χ4v) is 4.68. The van der Waals surface area contributed by atoms with Crippen LogP contribution in [0.2, 0.25) is 10.0 Å². The molecule has 0 saturated carbocycles. The maximum atomic E-state index is 13.1. The van der Waals surface area contributed by atoms with E-state index in [1.54, 1.807) is 41.8 Å². The minimum atomic E-state index is -0.941. The second kappa shape index (κ2) is 8.12. The van der Waals surface area contributed by atoms with E-state index in [9.17, 15) is 14.7 Å². The third kappa shape index (κ3) is 3.40. The quantitative estimate of drug-likeness (QED) is 0.322. The van der Waals surface area contributed by atoms with Gasteiger partial charge in [-0.15, -0.1) is 11.3 Å². The lowest BCUT2D eigenvalue weighted by Gasteiger charge is -2.23. The molecule has 0 unspecified atom stereocenters. The molecule has 0 bridgehead atoms. The predicted octanol–water partition coefficient (Wildman–Crippen LogP) is 4.85. The van der Waals surface area contributed by atoms with E-state index in [-0.39, 0.29) is 16.4 Å². The number of benzene rings is 2. The number of fused-ring (bicyclic) bond motifs is 1. The number of ether oxygens (including phenoxy) is 2. The minimum absolute atomic E-state index is 0.0831. The lowest BCUT2D eigenvalue weighted by Crippen LogP contribution is -2.29. The molecule has 0 spiro atoms. The Balaban J connectivity index is 1.70. The second-order valence-electron chi connectivity index (χ2n) is 7.02. The topological polar surface area (TPSA) is 89.0 Å². The number of aliphatic hydroxyl groups is 1. The van der Waals surface area contributed by atoms with Crippen LogP contribution in [0.1, 0.15) is 17.2 Å². The molecule has 162 valence electrons. The molecule has 1 N–H and O–H groups in total. The van der Waals surface area contributed by atoms with Gasteiger partial charge in [-0.05, 0) is 35.9 Å². The Morgan fingerprint density at radius 1 is 1.06 bits per heavy atom. The second-order valence-corrected chi connectivity index (χ2v) is 8.70. The number of halogens is 2. The zero-order valence-corrected chi connectivity index (χ0v) is 18.6. The summed E-state index contributed by atoms with van der Waals surface area (Å²) >= 11 is 13.5. The maximum Gasteiger partial charge on any atom is 0.301 e. The van der Waals surface area contributed by atoms with Crippen LogP contribution in [0, 0.1) is 0 Å². The number of rotatable bonds is 3. The number of aromatic nitrogens is 1. The molecule has 10 heteroatoms. The van der Waals surface area contributed by atoms with Gasteiger partial charge in [-0.1, -0.05) is 29.3 Å². The summed E-state index contributed by atoms with van der Waals surface area (Å²) in [5.41, 5.74) is 0.740. The zero-order chi connectivity index (χ0) is 22.4. The van der Waals surface area contributed by atoms with Gasteiger partial charge in [0.2, 0.25) is 0 Å². The molecule has 3 heterocycles. The summed E-state index contributed by atoms with van der Waals surface area (Å²) in [6, 6.07) is 8.68. The molecule has 1 amide bonds. The van der Waals surface area contributed by atoms with E-state index in [4.69, 9.17) is 32.7 Å². The van der Waals surface area contributed by atoms with E-state index in [0.29, 0.717) is 46.0 Å². The average Bonchev–Trinajstić information content (AvgIpc) is 3.42. The summed E-state index contributed by atoms with van der Waals surface area (Å²) in [6.07, 6.45) is 1.53. The van der Waals surface area contributed by atoms with E-state index in [1.807, 2.05) is 0 Å². The SMILES string of the molecule is O=C1C(=O)N(c2nccs2)[C@@H](c2ccc(Cl)c(Cl)c2)/C1=C(\O)c1ccc2c(c1)OCCO2. The van der Waals surface area contributed by atoms with E-state index >= 15 is 0 Å². The number of nitrogens with zero attached hydrogens (tertiary/aromatic N) is 2. The lowest BCUT2D eigenvalue weighted by atomic mass is 9.95. The van der Waals surface area contributed by atoms with E-state index in [0.717, 1.165) is 0 Å². The highest BCUT2D eigenvalue weighted by Gasteiger charge is 2.48. The Hall–Kier alpha value is -3.07. The summed E-state index contributed by atoms with van der Waals surface area (Å²) in [5.74, 6) is -0.980. The first-order valence-electron chi connectivity index (χ1n) is 9.51. The minimum Gasteiger partial charge on any atom is -0.507 e. The van der Waals surface area contributed by atoms with Crippen LogP contribution < -0.4 is 14.4 Å². The van der Waals surface area contributed by atoms with E-state index < -0.39 is 17.7 Å². The lowest BCUT2D eigenvalue weighted by molar-refractivity contribution is -0.132. The molecular formula is C22H14Cl2N2O5S.